The fourth-order valence-electron chi connectivity index (χ4n) is 2.45. The number of hydrogen-bond donors (Lipinski definition) is 1. The molecule has 0 saturated heterocycles. The Balaban J connectivity index is 1.52. The van der Waals surface area contributed by atoms with Gasteiger partial charge in [-0.05, 0) is 37.0 Å². The van der Waals surface area contributed by atoms with Gasteiger partial charge in [0.1, 0.15) is 6.61 Å². The molecule has 0 unspecified atom stereocenters. The van der Waals surface area contributed by atoms with Crippen LogP contribution in [-0.4, -0.2) is 27.6 Å². The molecule has 124 valence electrons. The number of aromatic nitrogens is 3. The molecule has 24 heavy (non-hydrogen) atoms. The van der Waals surface area contributed by atoms with E-state index < -0.39 is 0 Å². The van der Waals surface area contributed by atoms with Gasteiger partial charge in [-0.3, -0.25) is 0 Å². The second-order valence-corrected chi connectivity index (χ2v) is 7.09. The van der Waals surface area contributed by atoms with Crippen molar-refractivity contribution in [3.8, 4) is 11.1 Å². The van der Waals surface area contributed by atoms with Crippen LogP contribution in [0.2, 0.25) is 0 Å². The Bertz CT molecular complexity index is 827. The van der Waals surface area contributed by atoms with E-state index in [-0.39, 0.29) is 0 Å². The number of thiazole rings is 1. The molecular weight excluding hydrogens is 320 g/mol. The van der Waals surface area contributed by atoms with E-state index in [1.165, 1.54) is 17.5 Å². The zero-order chi connectivity index (χ0) is 16.4. The third kappa shape index (κ3) is 3.55. The normalized spacial score (nSPS) is 14.2. The van der Waals surface area contributed by atoms with Crippen LogP contribution in [0.3, 0.4) is 0 Å². The molecule has 0 bridgehead atoms. The van der Waals surface area contributed by atoms with E-state index in [2.05, 4.69) is 45.4 Å². The second-order valence-electron chi connectivity index (χ2n) is 6.06. The molecule has 4 rings (SSSR count). The fourth-order valence-corrected chi connectivity index (χ4v) is 3.44. The van der Waals surface area contributed by atoms with Crippen LogP contribution in [0.4, 0.5) is 5.13 Å². The summed E-state index contributed by atoms with van der Waals surface area (Å²) in [6.07, 6.45) is 7.25. The van der Waals surface area contributed by atoms with Crippen molar-refractivity contribution in [1.82, 2.24) is 15.0 Å². The van der Waals surface area contributed by atoms with E-state index in [4.69, 9.17) is 4.74 Å². The van der Waals surface area contributed by atoms with E-state index in [1.807, 2.05) is 12.4 Å². The maximum Gasteiger partial charge on any atom is 0.184 e. The van der Waals surface area contributed by atoms with Crippen LogP contribution in [0.15, 0.2) is 30.6 Å². The minimum atomic E-state index is 0.470. The first-order valence-corrected chi connectivity index (χ1v) is 9.19. The number of anilines is 1. The summed E-state index contributed by atoms with van der Waals surface area (Å²) in [4.78, 5) is 13.4. The summed E-state index contributed by atoms with van der Waals surface area (Å²) < 4.78 is 6.66. The number of nitrogens with zero attached hydrogens (tertiary/aromatic N) is 3. The predicted molar refractivity (Wildman–Crippen MR) is 97.2 cm³/mol. The lowest BCUT2D eigenvalue weighted by atomic mass is 10.1. The molecule has 0 spiro atoms. The van der Waals surface area contributed by atoms with E-state index in [1.54, 1.807) is 11.3 Å². The average molecular weight is 340 g/mol. The fraction of sp³-hybridized carbons (Fsp3) is 0.389. The lowest BCUT2D eigenvalue weighted by Crippen LogP contribution is -1.99. The third-order valence-electron chi connectivity index (χ3n) is 3.91. The Kier molecular flexibility index (Phi) is 4.40. The molecule has 5 nitrogen and oxygen atoms in total. The molecular formula is C18H20N4OS. The quantitative estimate of drug-likeness (QED) is 0.651. The Labute approximate surface area is 145 Å². The minimum absolute atomic E-state index is 0.470. The predicted octanol–water partition coefficient (Wildman–Crippen LogP) is 4.25. The zero-order valence-electron chi connectivity index (χ0n) is 13.7. The summed E-state index contributed by atoms with van der Waals surface area (Å²) in [5.74, 6) is 0.724. The molecule has 2 heterocycles. The maximum atomic E-state index is 5.47. The smallest absolute Gasteiger partial charge is 0.184 e. The lowest BCUT2D eigenvalue weighted by molar-refractivity contribution is 0.116. The van der Waals surface area contributed by atoms with Gasteiger partial charge in [0.2, 0.25) is 0 Å². The first kappa shape index (κ1) is 15.5. The second kappa shape index (κ2) is 6.83. The molecule has 1 N–H and O–H groups in total. The van der Waals surface area contributed by atoms with Crippen LogP contribution in [0, 0.1) is 0 Å². The Morgan fingerprint density at radius 1 is 1.21 bits per heavy atom. The molecule has 0 aliphatic heterocycles. The molecule has 1 saturated carbocycles. The van der Waals surface area contributed by atoms with Crippen molar-refractivity contribution in [1.29, 1.82) is 0 Å². The molecule has 0 radical (unpaired) electrons. The van der Waals surface area contributed by atoms with Gasteiger partial charge in [-0.1, -0.05) is 24.3 Å². The highest BCUT2D eigenvalue weighted by Crippen LogP contribution is 2.33. The number of rotatable bonds is 7. The molecule has 6 heteroatoms. The molecule has 1 aliphatic carbocycles. The van der Waals surface area contributed by atoms with Crippen LogP contribution >= 0.6 is 11.3 Å². The molecule has 0 amide bonds. The Morgan fingerprint density at radius 2 is 2.04 bits per heavy atom. The van der Waals surface area contributed by atoms with Gasteiger partial charge in [0, 0.05) is 30.6 Å². The SMILES string of the molecule is CCCOCc1ncc(-c2ccc3nc(NC4CC4)sc3c2)cn1. The van der Waals surface area contributed by atoms with Gasteiger partial charge in [-0.15, -0.1) is 0 Å². The van der Waals surface area contributed by atoms with Crippen LogP contribution in [0.5, 0.6) is 0 Å². The lowest BCUT2D eigenvalue weighted by Gasteiger charge is -2.04. The molecule has 1 fully saturated rings. The van der Waals surface area contributed by atoms with Gasteiger partial charge in [-0.25, -0.2) is 15.0 Å². The van der Waals surface area contributed by atoms with Gasteiger partial charge in [-0.2, -0.15) is 0 Å². The van der Waals surface area contributed by atoms with Crippen molar-refractivity contribution < 1.29 is 4.74 Å². The summed E-state index contributed by atoms with van der Waals surface area (Å²) in [6.45, 7) is 3.30. The maximum absolute atomic E-state index is 5.47. The molecule has 1 aliphatic rings. The summed E-state index contributed by atoms with van der Waals surface area (Å²) in [5, 5.41) is 4.48. The van der Waals surface area contributed by atoms with Crippen molar-refractivity contribution in [2.45, 2.75) is 38.8 Å². The first-order chi connectivity index (χ1) is 11.8. The highest BCUT2D eigenvalue weighted by molar-refractivity contribution is 7.22. The summed E-state index contributed by atoms with van der Waals surface area (Å²) in [5.41, 5.74) is 3.17. The summed E-state index contributed by atoms with van der Waals surface area (Å²) in [6, 6.07) is 6.93. The van der Waals surface area contributed by atoms with Crippen molar-refractivity contribution >= 4 is 26.7 Å². The van der Waals surface area contributed by atoms with E-state index in [0.717, 1.165) is 40.6 Å². The zero-order valence-corrected chi connectivity index (χ0v) is 14.5. The van der Waals surface area contributed by atoms with Crippen LogP contribution in [-0.2, 0) is 11.3 Å². The Morgan fingerprint density at radius 3 is 2.79 bits per heavy atom. The number of hydrogen-bond acceptors (Lipinski definition) is 6. The number of benzene rings is 1. The minimum Gasteiger partial charge on any atom is -0.373 e. The highest BCUT2D eigenvalue weighted by Gasteiger charge is 2.22. The highest BCUT2D eigenvalue weighted by atomic mass is 32.1. The number of ether oxygens (including phenoxy) is 1. The largest absolute Gasteiger partial charge is 0.373 e. The molecule has 3 aromatic rings. The summed E-state index contributed by atoms with van der Waals surface area (Å²) >= 11 is 1.71. The third-order valence-corrected chi connectivity index (χ3v) is 4.86. The van der Waals surface area contributed by atoms with Crippen molar-refractivity contribution in [3.05, 3.63) is 36.4 Å². The van der Waals surface area contributed by atoms with Gasteiger partial charge >= 0.3 is 0 Å². The van der Waals surface area contributed by atoms with Crippen molar-refractivity contribution in [3.63, 3.8) is 0 Å². The van der Waals surface area contributed by atoms with Crippen LogP contribution < -0.4 is 5.32 Å². The number of fused-ring (bicyclic) bond motifs is 1. The molecule has 2 aromatic heterocycles. The van der Waals surface area contributed by atoms with E-state index in [0.29, 0.717) is 12.6 Å². The Hall–Kier alpha value is -2.05. The van der Waals surface area contributed by atoms with Gasteiger partial charge in [0.05, 0.1) is 10.2 Å². The van der Waals surface area contributed by atoms with Crippen LogP contribution in [0.25, 0.3) is 21.3 Å². The standard InChI is InChI=1S/C18H20N4OS/c1-2-7-23-11-17-19-9-13(10-20-17)12-3-6-15-16(8-12)24-18(22-15)21-14-4-5-14/h3,6,8-10,14H,2,4-5,7,11H2,1H3,(H,21,22). The topological polar surface area (TPSA) is 59.9 Å². The van der Waals surface area contributed by atoms with Gasteiger partial charge in [0.15, 0.2) is 11.0 Å². The van der Waals surface area contributed by atoms with Gasteiger partial charge in [0.25, 0.3) is 0 Å². The molecule has 1 aromatic carbocycles. The first-order valence-electron chi connectivity index (χ1n) is 8.38. The monoisotopic (exact) mass is 340 g/mol. The van der Waals surface area contributed by atoms with E-state index >= 15 is 0 Å². The number of nitrogens with one attached hydrogen (secondary N) is 1. The van der Waals surface area contributed by atoms with Gasteiger partial charge < -0.3 is 10.1 Å². The van der Waals surface area contributed by atoms with Crippen molar-refractivity contribution in [2.75, 3.05) is 11.9 Å². The summed E-state index contributed by atoms with van der Waals surface area (Å²) in [7, 11) is 0. The van der Waals surface area contributed by atoms with Crippen LogP contribution in [0.1, 0.15) is 32.0 Å². The average Bonchev–Trinajstić information content (AvgIpc) is 3.32. The van der Waals surface area contributed by atoms with E-state index in [9.17, 15) is 0 Å². The van der Waals surface area contributed by atoms with Crippen molar-refractivity contribution in [2.24, 2.45) is 0 Å². The molecule has 0 atom stereocenters.